The minimum absolute atomic E-state index is 0.558. The number of thiophene rings is 2. The van der Waals surface area contributed by atoms with E-state index in [1.54, 1.807) is 22.7 Å². The van der Waals surface area contributed by atoms with Crippen molar-refractivity contribution < 1.29 is 18.9 Å². The zero-order valence-electron chi connectivity index (χ0n) is 17.3. The first kappa shape index (κ1) is 18.4. The standard InChI is InChI=1S/C25H19NO4S2/c1-26-17-5-3-2-4-14(17)15-6-7-16(24-22-18(12-31-24)27-8-10-29-22)20(21(15)26)25-23-19(13-32-25)28-9-11-30-23/h2-7,12-13H,8-11H2,1H3. The SMILES string of the molecule is Cn1c2ccccc2c2ccc(-c3scc4c3OCCO4)c(-c3scc4c3OCCO4)c21. The second kappa shape index (κ2) is 6.92. The molecule has 0 unspecified atom stereocenters. The Balaban J connectivity index is 1.61. The monoisotopic (exact) mass is 461 g/mol. The van der Waals surface area contributed by atoms with Gasteiger partial charge in [0.25, 0.3) is 0 Å². The predicted molar refractivity (Wildman–Crippen MR) is 129 cm³/mol. The number of hydrogen-bond acceptors (Lipinski definition) is 6. The Kier molecular flexibility index (Phi) is 3.98. The number of hydrogen-bond donors (Lipinski definition) is 0. The Morgan fingerprint density at radius 1 is 0.719 bits per heavy atom. The van der Waals surface area contributed by atoms with Gasteiger partial charge >= 0.3 is 0 Å². The van der Waals surface area contributed by atoms with Crippen LogP contribution in [0.5, 0.6) is 23.0 Å². The first-order chi connectivity index (χ1) is 15.8. The van der Waals surface area contributed by atoms with Crippen molar-refractivity contribution in [1.29, 1.82) is 0 Å². The average molecular weight is 462 g/mol. The number of para-hydroxylation sites is 1. The summed E-state index contributed by atoms with van der Waals surface area (Å²) in [4.78, 5) is 2.17. The molecule has 0 atom stereocenters. The van der Waals surface area contributed by atoms with Crippen LogP contribution in [0.25, 0.3) is 42.7 Å². The van der Waals surface area contributed by atoms with E-state index in [2.05, 4.69) is 53.4 Å². The van der Waals surface area contributed by atoms with Crippen LogP contribution in [0.2, 0.25) is 0 Å². The fraction of sp³-hybridized carbons (Fsp3) is 0.200. The Morgan fingerprint density at radius 3 is 2.16 bits per heavy atom. The van der Waals surface area contributed by atoms with Crippen LogP contribution in [0.1, 0.15) is 0 Å². The van der Waals surface area contributed by atoms with Crippen molar-refractivity contribution in [3.63, 3.8) is 0 Å². The minimum Gasteiger partial charge on any atom is -0.485 e. The minimum atomic E-state index is 0.558. The second-order valence-electron chi connectivity index (χ2n) is 7.87. The van der Waals surface area contributed by atoms with Crippen LogP contribution >= 0.6 is 22.7 Å². The van der Waals surface area contributed by atoms with Gasteiger partial charge in [-0.3, -0.25) is 0 Å². The van der Waals surface area contributed by atoms with Crippen LogP contribution in [0.15, 0.2) is 47.2 Å². The maximum Gasteiger partial charge on any atom is 0.180 e. The van der Waals surface area contributed by atoms with Gasteiger partial charge in [0.15, 0.2) is 23.0 Å². The number of ether oxygens (including phenoxy) is 4. The predicted octanol–water partition coefficient (Wildman–Crippen LogP) is 6.33. The molecule has 160 valence electrons. The van der Waals surface area contributed by atoms with E-state index in [-0.39, 0.29) is 0 Å². The van der Waals surface area contributed by atoms with Crippen molar-refractivity contribution in [2.24, 2.45) is 7.05 Å². The number of rotatable bonds is 2. The summed E-state index contributed by atoms with van der Waals surface area (Å²) in [6.07, 6.45) is 0. The molecule has 0 bridgehead atoms. The largest absolute Gasteiger partial charge is 0.485 e. The lowest BCUT2D eigenvalue weighted by Gasteiger charge is -2.19. The highest BCUT2D eigenvalue weighted by atomic mass is 32.1. The summed E-state index contributed by atoms with van der Waals surface area (Å²) < 4.78 is 26.2. The van der Waals surface area contributed by atoms with E-state index in [1.165, 1.54) is 21.8 Å². The molecule has 2 aliphatic rings. The summed E-state index contributed by atoms with van der Waals surface area (Å²) in [7, 11) is 2.14. The van der Waals surface area contributed by atoms with Crippen molar-refractivity contribution in [2.45, 2.75) is 0 Å². The molecule has 0 saturated heterocycles. The Hall–Kier alpha value is -3.16. The number of fused-ring (bicyclic) bond motifs is 5. The molecule has 5 aromatic rings. The smallest absolute Gasteiger partial charge is 0.180 e. The van der Waals surface area contributed by atoms with Crippen LogP contribution in [0, 0.1) is 0 Å². The van der Waals surface area contributed by atoms with Gasteiger partial charge in [0.05, 0.1) is 15.3 Å². The van der Waals surface area contributed by atoms with E-state index in [1.807, 2.05) is 5.38 Å². The maximum atomic E-state index is 6.12. The van der Waals surface area contributed by atoms with Gasteiger partial charge in [0.1, 0.15) is 26.4 Å². The average Bonchev–Trinajstić information content (AvgIpc) is 3.54. The van der Waals surface area contributed by atoms with Gasteiger partial charge in [-0.25, -0.2) is 0 Å². The van der Waals surface area contributed by atoms with Gasteiger partial charge in [0.2, 0.25) is 0 Å². The molecule has 0 aliphatic carbocycles. The molecule has 5 heterocycles. The van der Waals surface area contributed by atoms with Gasteiger partial charge < -0.3 is 23.5 Å². The topological polar surface area (TPSA) is 41.9 Å². The van der Waals surface area contributed by atoms with Crippen LogP contribution in [-0.4, -0.2) is 31.0 Å². The van der Waals surface area contributed by atoms with E-state index in [9.17, 15) is 0 Å². The van der Waals surface area contributed by atoms with Gasteiger partial charge in [-0.1, -0.05) is 30.3 Å². The highest BCUT2D eigenvalue weighted by Crippen LogP contribution is 2.55. The molecule has 7 heteroatoms. The van der Waals surface area contributed by atoms with Crippen molar-refractivity contribution >= 4 is 44.5 Å². The molecule has 5 nitrogen and oxygen atoms in total. The fourth-order valence-electron chi connectivity index (χ4n) is 4.77. The van der Waals surface area contributed by atoms with Gasteiger partial charge in [-0.2, -0.15) is 0 Å². The third-order valence-corrected chi connectivity index (χ3v) is 8.07. The van der Waals surface area contributed by atoms with Crippen LogP contribution in [-0.2, 0) is 7.05 Å². The molecular weight excluding hydrogens is 442 g/mol. The van der Waals surface area contributed by atoms with E-state index in [0.717, 1.165) is 43.9 Å². The fourth-order valence-corrected chi connectivity index (χ4v) is 6.73. The zero-order valence-corrected chi connectivity index (χ0v) is 19.0. The third-order valence-electron chi connectivity index (χ3n) is 6.14. The summed E-state index contributed by atoms with van der Waals surface area (Å²) in [5, 5.41) is 6.57. The molecule has 7 rings (SSSR count). The summed E-state index contributed by atoms with van der Waals surface area (Å²) in [5.41, 5.74) is 4.66. The van der Waals surface area contributed by atoms with Gasteiger partial charge in [-0.15, -0.1) is 22.7 Å². The lowest BCUT2D eigenvalue weighted by Crippen LogP contribution is -2.14. The molecule has 0 amide bonds. The molecular formula is C25H19NO4S2. The number of benzene rings is 2. The molecule has 0 fully saturated rings. The first-order valence-corrected chi connectivity index (χ1v) is 12.3. The van der Waals surface area contributed by atoms with E-state index >= 15 is 0 Å². The normalized spacial score (nSPS) is 14.9. The summed E-state index contributed by atoms with van der Waals surface area (Å²) in [6.45, 7) is 2.29. The molecule has 0 spiro atoms. The van der Waals surface area contributed by atoms with E-state index in [4.69, 9.17) is 18.9 Å². The van der Waals surface area contributed by atoms with Gasteiger partial charge in [0, 0.05) is 45.2 Å². The highest BCUT2D eigenvalue weighted by Gasteiger charge is 2.29. The maximum absolute atomic E-state index is 6.12. The quantitative estimate of drug-likeness (QED) is 0.308. The Morgan fingerprint density at radius 2 is 1.38 bits per heavy atom. The molecule has 2 aliphatic heterocycles. The lowest BCUT2D eigenvalue weighted by atomic mass is 9.99. The summed E-state index contributed by atoms with van der Waals surface area (Å²) >= 11 is 3.33. The Labute approximate surface area is 192 Å². The second-order valence-corrected chi connectivity index (χ2v) is 9.63. The van der Waals surface area contributed by atoms with Crippen LogP contribution in [0.3, 0.4) is 0 Å². The number of aryl methyl sites for hydroxylation is 1. The van der Waals surface area contributed by atoms with Crippen LogP contribution < -0.4 is 18.9 Å². The van der Waals surface area contributed by atoms with E-state index in [0.29, 0.717) is 26.4 Å². The number of aromatic nitrogens is 1. The van der Waals surface area contributed by atoms with Crippen molar-refractivity contribution in [3.8, 4) is 43.9 Å². The number of nitrogens with zero attached hydrogens (tertiary/aromatic N) is 1. The zero-order chi connectivity index (χ0) is 21.2. The van der Waals surface area contributed by atoms with Crippen molar-refractivity contribution in [3.05, 3.63) is 47.2 Å². The summed E-state index contributed by atoms with van der Waals surface area (Å²) in [6, 6.07) is 13.0. The molecule has 0 N–H and O–H groups in total. The molecule has 0 saturated carbocycles. The lowest BCUT2D eigenvalue weighted by molar-refractivity contribution is 0.174. The molecule has 3 aromatic heterocycles. The third kappa shape index (κ3) is 2.49. The molecule has 2 aromatic carbocycles. The first-order valence-electron chi connectivity index (χ1n) is 10.6. The molecule has 32 heavy (non-hydrogen) atoms. The van der Waals surface area contributed by atoms with Crippen molar-refractivity contribution in [1.82, 2.24) is 4.57 Å². The Bertz CT molecular complexity index is 1510. The summed E-state index contributed by atoms with van der Waals surface area (Å²) in [5.74, 6) is 3.32. The van der Waals surface area contributed by atoms with Gasteiger partial charge in [-0.05, 0) is 6.07 Å². The van der Waals surface area contributed by atoms with Crippen molar-refractivity contribution in [2.75, 3.05) is 26.4 Å². The van der Waals surface area contributed by atoms with E-state index < -0.39 is 0 Å². The molecule has 0 radical (unpaired) electrons. The highest BCUT2D eigenvalue weighted by molar-refractivity contribution is 7.15. The van der Waals surface area contributed by atoms with Crippen LogP contribution in [0.4, 0.5) is 0 Å².